The van der Waals surface area contributed by atoms with Gasteiger partial charge in [0.1, 0.15) is 11.6 Å². The molecule has 3 aromatic heterocycles. The van der Waals surface area contributed by atoms with Crippen LogP contribution in [0.25, 0.3) is 11.0 Å². The maximum absolute atomic E-state index is 12.7. The van der Waals surface area contributed by atoms with Gasteiger partial charge in [0.15, 0.2) is 28.1 Å². The predicted molar refractivity (Wildman–Crippen MR) is 142 cm³/mol. The van der Waals surface area contributed by atoms with Gasteiger partial charge in [-0.25, -0.2) is 4.98 Å². The van der Waals surface area contributed by atoms with Gasteiger partial charge in [0.2, 0.25) is 10.1 Å². The van der Waals surface area contributed by atoms with Crippen LogP contribution in [0.4, 0.5) is 0 Å². The summed E-state index contributed by atoms with van der Waals surface area (Å²) in [5.41, 5.74) is 0.849. The molecule has 0 atom stereocenters. The van der Waals surface area contributed by atoms with Crippen LogP contribution in [0, 0.1) is 12.3 Å². The molecule has 12 nitrogen and oxygen atoms in total. The molecule has 0 saturated carbocycles. The number of benzene rings is 1. The van der Waals surface area contributed by atoms with E-state index in [-0.39, 0.29) is 23.6 Å². The molecule has 4 aromatic rings. The molecule has 38 heavy (non-hydrogen) atoms. The number of carbonyl (C=O) groups is 1. The number of aliphatic imine (C=N–C) groups is 1. The minimum absolute atomic E-state index is 0.0444. The number of thioether (sulfide) groups is 1. The van der Waals surface area contributed by atoms with E-state index >= 15 is 0 Å². The summed E-state index contributed by atoms with van der Waals surface area (Å²) in [6.45, 7) is 1.85. The number of ether oxygens (including phenoxy) is 2. The van der Waals surface area contributed by atoms with E-state index in [1.807, 2.05) is 0 Å². The average Bonchev–Trinajstić information content (AvgIpc) is 3.65. The Morgan fingerprint density at radius 2 is 2.05 bits per heavy atom. The number of aromatic nitrogens is 3. The second-order valence-electron chi connectivity index (χ2n) is 8.00. The predicted octanol–water partition coefficient (Wildman–Crippen LogP) is 3.31. The van der Waals surface area contributed by atoms with E-state index in [2.05, 4.69) is 20.2 Å². The lowest BCUT2D eigenvalue weighted by Crippen LogP contribution is -2.35. The zero-order chi connectivity index (χ0) is 26.4. The van der Waals surface area contributed by atoms with E-state index in [9.17, 15) is 9.59 Å². The number of fused-ring (bicyclic) bond motifs is 2. The topological polar surface area (TPSA) is 148 Å². The minimum Gasteiger partial charge on any atom is -0.493 e. The Kier molecular flexibility index (Phi) is 5.88. The average molecular weight is 548 g/mol. The Labute approximate surface area is 222 Å². The molecular formula is C24H17N7O5S2. The highest BCUT2D eigenvalue weighted by Crippen LogP contribution is 2.33. The van der Waals surface area contributed by atoms with Crippen LogP contribution in [-0.4, -0.2) is 48.7 Å². The maximum Gasteiger partial charge on any atom is 0.283 e. The lowest BCUT2D eigenvalue weighted by molar-refractivity contribution is -0.114. The molecule has 1 amide bonds. The molecule has 0 radical (unpaired) electrons. The van der Waals surface area contributed by atoms with Crippen molar-refractivity contribution in [3.63, 3.8) is 0 Å². The van der Waals surface area contributed by atoms with Crippen LogP contribution < -0.4 is 15.0 Å². The van der Waals surface area contributed by atoms with Crippen molar-refractivity contribution in [3.8, 4) is 11.5 Å². The fourth-order valence-electron chi connectivity index (χ4n) is 3.73. The molecule has 2 aliphatic heterocycles. The van der Waals surface area contributed by atoms with Crippen molar-refractivity contribution in [2.75, 3.05) is 7.11 Å². The van der Waals surface area contributed by atoms with Crippen molar-refractivity contribution < 1.29 is 18.7 Å². The number of hydrogen-bond donors (Lipinski definition) is 1. The SMILES string of the molecule is COc1cc(/C=C2\C(=N)N3N=C(c4ccco4)SC3=NC2=O)ccc1OCc1cc(=O)n2nc(C)sc2n1. The van der Waals surface area contributed by atoms with E-state index in [4.69, 9.17) is 19.3 Å². The Hall–Kier alpha value is -4.56. The number of nitrogens with zero attached hydrogens (tertiary/aromatic N) is 6. The number of nitrogens with one attached hydrogen (secondary N) is 1. The summed E-state index contributed by atoms with van der Waals surface area (Å²) in [6.07, 6.45) is 3.07. The molecule has 0 spiro atoms. The van der Waals surface area contributed by atoms with Gasteiger partial charge < -0.3 is 13.9 Å². The molecule has 1 N–H and O–H groups in total. The summed E-state index contributed by atoms with van der Waals surface area (Å²) in [5.74, 6) is 0.709. The molecule has 5 heterocycles. The van der Waals surface area contributed by atoms with Gasteiger partial charge in [0.25, 0.3) is 11.5 Å². The monoisotopic (exact) mass is 547 g/mol. The highest BCUT2D eigenvalue weighted by atomic mass is 32.2. The normalized spacial score (nSPS) is 16.2. The Balaban J connectivity index is 1.23. The first kappa shape index (κ1) is 23.8. The van der Waals surface area contributed by atoms with E-state index in [1.165, 1.54) is 40.3 Å². The molecule has 190 valence electrons. The van der Waals surface area contributed by atoms with Crippen LogP contribution in [0.5, 0.6) is 11.5 Å². The van der Waals surface area contributed by atoms with Gasteiger partial charge >= 0.3 is 0 Å². The van der Waals surface area contributed by atoms with Crippen LogP contribution in [0.15, 0.2) is 67.5 Å². The molecule has 14 heteroatoms. The zero-order valence-electron chi connectivity index (χ0n) is 19.9. The highest BCUT2D eigenvalue weighted by molar-refractivity contribution is 8.27. The number of amides is 1. The van der Waals surface area contributed by atoms with E-state index < -0.39 is 5.91 Å². The molecule has 0 unspecified atom stereocenters. The van der Waals surface area contributed by atoms with Crippen molar-refractivity contribution in [1.82, 2.24) is 19.6 Å². The smallest absolute Gasteiger partial charge is 0.283 e. The van der Waals surface area contributed by atoms with Gasteiger partial charge in [-0.1, -0.05) is 17.4 Å². The van der Waals surface area contributed by atoms with E-state index in [0.717, 1.165) is 16.8 Å². The van der Waals surface area contributed by atoms with Gasteiger partial charge in [-0.15, -0.1) is 0 Å². The molecule has 6 rings (SSSR count). The maximum atomic E-state index is 12.7. The van der Waals surface area contributed by atoms with Crippen LogP contribution in [0.3, 0.4) is 0 Å². The first-order valence-corrected chi connectivity index (χ1v) is 12.7. The number of rotatable bonds is 6. The summed E-state index contributed by atoms with van der Waals surface area (Å²) >= 11 is 2.48. The highest BCUT2D eigenvalue weighted by Gasteiger charge is 2.36. The number of furan rings is 1. The molecule has 0 fully saturated rings. The first-order valence-electron chi connectivity index (χ1n) is 11.1. The second kappa shape index (κ2) is 9.39. The third kappa shape index (κ3) is 4.29. The number of amidine groups is 2. The first-order chi connectivity index (χ1) is 18.4. The van der Waals surface area contributed by atoms with Gasteiger partial charge in [0.05, 0.1) is 24.6 Å². The van der Waals surface area contributed by atoms with Crippen molar-refractivity contribution in [2.24, 2.45) is 10.1 Å². The van der Waals surface area contributed by atoms with E-state index in [1.54, 1.807) is 43.3 Å². The molecule has 0 aliphatic carbocycles. The van der Waals surface area contributed by atoms with Gasteiger partial charge in [-0.3, -0.25) is 15.0 Å². The molecule has 0 saturated heterocycles. The molecular weight excluding hydrogens is 530 g/mol. The van der Waals surface area contributed by atoms with Gasteiger partial charge in [-0.2, -0.15) is 24.7 Å². The fourth-order valence-corrected chi connectivity index (χ4v) is 5.36. The fraction of sp³-hybridized carbons (Fsp3) is 0.125. The summed E-state index contributed by atoms with van der Waals surface area (Å²) in [6, 6.07) is 9.93. The summed E-state index contributed by atoms with van der Waals surface area (Å²) in [4.78, 5) is 34.1. The lowest BCUT2D eigenvalue weighted by Gasteiger charge is -2.20. The number of carbonyl (C=O) groups excluding carboxylic acids is 1. The van der Waals surface area contributed by atoms with Crippen LogP contribution in [0.2, 0.25) is 0 Å². The number of hydrazone groups is 1. The van der Waals surface area contributed by atoms with Crippen LogP contribution in [0.1, 0.15) is 22.0 Å². The molecule has 1 aromatic carbocycles. The zero-order valence-corrected chi connectivity index (χ0v) is 21.5. The largest absolute Gasteiger partial charge is 0.493 e. The van der Waals surface area contributed by atoms with Gasteiger partial charge in [-0.05, 0) is 54.6 Å². The minimum atomic E-state index is -0.546. The molecule has 2 aliphatic rings. The summed E-state index contributed by atoms with van der Waals surface area (Å²) in [7, 11) is 1.49. The third-order valence-corrected chi connectivity index (χ3v) is 7.21. The summed E-state index contributed by atoms with van der Waals surface area (Å²) < 4.78 is 18.0. The van der Waals surface area contributed by atoms with Gasteiger partial charge in [0, 0.05) is 6.07 Å². The van der Waals surface area contributed by atoms with Crippen molar-refractivity contribution >= 4 is 56.1 Å². The number of hydrogen-bond acceptors (Lipinski definition) is 11. The van der Waals surface area contributed by atoms with Crippen LogP contribution in [-0.2, 0) is 11.4 Å². The second-order valence-corrected chi connectivity index (χ2v) is 10.1. The number of aryl methyl sites for hydroxylation is 1. The Morgan fingerprint density at radius 1 is 1.18 bits per heavy atom. The van der Waals surface area contributed by atoms with E-state index in [0.29, 0.717) is 43.7 Å². The Bertz CT molecular complexity index is 1770. The van der Waals surface area contributed by atoms with Crippen LogP contribution >= 0.6 is 23.1 Å². The number of methoxy groups -OCH3 is 1. The standard InChI is InChI=1S/C24H17N7O5S2/c1-12-28-30-19(32)10-14(26-23(30)37-12)11-36-16-6-5-13(9-18(16)34-2)8-15-20(25)31-24(27-21(15)33)38-22(29-31)17-4-3-7-35-17/h3-10,25H,11H2,1-2H3/b15-8+,25-20?. The molecule has 0 bridgehead atoms. The Morgan fingerprint density at radius 3 is 2.84 bits per heavy atom. The lowest BCUT2D eigenvalue weighted by atomic mass is 10.1. The van der Waals surface area contributed by atoms with Crippen molar-refractivity contribution in [3.05, 3.63) is 80.6 Å². The third-order valence-electron chi connectivity index (χ3n) is 5.46. The summed E-state index contributed by atoms with van der Waals surface area (Å²) in [5, 5.41) is 19.9. The quantitative estimate of drug-likeness (QED) is 0.359. The van der Waals surface area contributed by atoms with Crippen molar-refractivity contribution in [2.45, 2.75) is 13.5 Å². The van der Waals surface area contributed by atoms with Crippen molar-refractivity contribution in [1.29, 1.82) is 5.41 Å².